The Morgan fingerprint density at radius 2 is 1.75 bits per heavy atom. The fraction of sp³-hybridized carbons (Fsp3) is 0.800. The van der Waals surface area contributed by atoms with Gasteiger partial charge in [-0.05, 0) is 12.5 Å². The molecule has 0 aliphatic rings. The number of hydrogen-bond acceptors (Lipinski definition) is 5. The molecule has 0 saturated heterocycles. The minimum Gasteiger partial charge on any atom is -0.424 e. The SMILES string of the molecule is COC(CCO[SiH2]CCCNC(N)=O)OC.NC(N)=O. The Labute approximate surface area is 121 Å². The summed E-state index contributed by atoms with van der Waals surface area (Å²) in [5.41, 5.74) is 13.4. The summed E-state index contributed by atoms with van der Waals surface area (Å²) in [7, 11) is 2.73. The smallest absolute Gasteiger partial charge is 0.312 e. The maximum Gasteiger partial charge on any atom is 0.312 e. The van der Waals surface area contributed by atoms with Crippen LogP contribution in [0.1, 0.15) is 12.8 Å². The third-order valence-corrected chi connectivity index (χ3v) is 3.40. The first-order valence-electron chi connectivity index (χ1n) is 6.15. The zero-order valence-corrected chi connectivity index (χ0v) is 13.5. The number of urea groups is 2. The fourth-order valence-corrected chi connectivity index (χ4v) is 2.18. The summed E-state index contributed by atoms with van der Waals surface area (Å²) in [6, 6.07) is -0.268. The van der Waals surface area contributed by atoms with E-state index in [-0.39, 0.29) is 6.29 Å². The summed E-state index contributed by atoms with van der Waals surface area (Å²) in [5.74, 6) is 0. The van der Waals surface area contributed by atoms with Crippen LogP contribution in [0.2, 0.25) is 6.04 Å². The van der Waals surface area contributed by atoms with Crippen molar-refractivity contribution < 1.29 is 23.5 Å². The molecule has 9 nitrogen and oxygen atoms in total. The first-order chi connectivity index (χ1) is 9.43. The van der Waals surface area contributed by atoms with Crippen LogP contribution in [0.3, 0.4) is 0 Å². The lowest BCUT2D eigenvalue weighted by Gasteiger charge is -2.13. The molecular weight excluding hydrogens is 284 g/mol. The van der Waals surface area contributed by atoms with E-state index < -0.39 is 21.8 Å². The van der Waals surface area contributed by atoms with Crippen molar-refractivity contribution in [3.8, 4) is 0 Å². The quantitative estimate of drug-likeness (QED) is 0.222. The number of rotatable bonds is 10. The Morgan fingerprint density at radius 1 is 1.20 bits per heavy atom. The Bertz CT molecular complexity index is 250. The minimum absolute atomic E-state index is 0.175. The number of ether oxygens (including phenoxy) is 2. The highest BCUT2D eigenvalue weighted by Gasteiger charge is 2.03. The number of carbonyl (C=O) groups excluding carboxylic acids is 2. The van der Waals surface area contributed by atoms with Crippen LogP contribution >= 0.6 is 0 Å². The highest BCUT2D eigenvalue weighted by Crippen LogP contribution is 1.98. The maximum atomic E-state index is 10.3. The first-order valence-corrected chi connectivity index (χ1v) is 7.73. The molecule has 10 heteroatoms. The lowest BCUT2D eigenvalue weighted by molar-refractivity contribution is -0.110. The van der Waals surface area contributed by atoms with Crippen molar-refractivity contribution >= 4 is 21.8 Å². The third-order valence-electron chi connectivity index (χ3n) is 2.04. The molecule has 0 aliphatic heterocycles. The molecule has 20 heavy (non-hydrogen) atoms. The monoisotopic (exact) mass is 310 g/mol. The standard InChI is InChI=1S/C9H22N2O4Si.CH4N2O/c1-13-8(14-2)4-6-15-16-7-3-5-11-9(10)12;2-1(3)4/h8H,3-7,16H2,1-2H3,(H3,10,11,12);(H4,2,3,4). The molecule has 120 valence electrons. The van der Waals surface area contributed by atoms with E-state index in [1.54, 1.807) is 14.2 Å². The highest BCUT2D eigenvalue weighted by atomic mass is 28.2. The van der Waals surface area contributed by atoms with Crippen molar-refractivity contribution in [3.63, 3.8) is 0 Å². The van der Waals surface area contributed by atoms with E-state index in [2.05, 4.69) is 16.8 Å². The summed E-state index contributed by atoms with van der Waals surface area (Å²) in [4.78, 5) is 19.3. The van der Waals surface area contributed by atoms with Crippen LogP contribution < -0.4 is 22.5 Å². The molecule has 0 aromatic rings. The van der Waals surface area contributed by atoms with Gasteiger partial charge in [0.05, 0.1) is 0 Å². The largest absolute Gasteiger partial charge is 0.424 e. The highest BCUT2D eigenvalue weighted by molar-refractivity contribution is 6.26. The molecule has 0 atom stereocenters. The number of hydrogen-bond donors (Lipinski definition) is 4. The average Bonchev–Trinajstić information content (AvgIpc) is 2.36. The van der Waals surface area contributed by atoms with Crippen LogP contribution in [-0.4, -0.2) is 55.5 Å². The predicted octanol–water partition coefficient (Wildman–Crippen LogP) is -1.40. The molecular formula is C10H26N4O5Si. The van der Waals surface area contributed by atoms with Crippen LogP contribution in [-0.2, 0) is 13.9 Å². The van der Waals surface area contributed by atoms with Gasteiger partial charge in [-0.2, -0.15) is 0 Å². The lowest BCUT2D eigenvalue weighted by atomic mass is 10.4. The summed E-state index contributed by atoms with van der Waals surface area (Å²) in [5, 5.41) is 2.54. The summed E-state index contributed by atoms with van der Waals surface area (Å²) in [6.45, 7) is 1.30. The zero-order chi connectivity index (χ0) is 15.8. The maximum absolute atomic E-state index is 10.3. The second kappa shape index (κ2) is 15.7. The summed E-state index contributed by atoms with van der Waals surface area (Å²) in [6.07, 6.45) is 1.50. The molecule has 0 heterocycles. The van der Waals surface area contributed by atoms with Gasteiger partial charge >= 0.3 is 12.1 Å². The Balaban J connectivity index is 0. The van der Waals surface area contributed by atoms with E-state index >= 15 is 0 Å². The van der Waals surface area contributed by atoms with Crippen molar-refractivity contribution in [3.05, 3.63) is 0 Å². The molecule has 0 saturated carbocycles. The molecule has 0 spiro atoms. The summed E-state index contributed by atoms with van der Waals surface area (Å²) < 4.78 is 15.6. The van der Waals surface area contributed by atoms with E-state index in [0.29, 0.717) is 13.2 Å². The normalized spacial score (nSPS) is 10.3. The Hall–Kier alpha value is -1.36. The Kier molecular flexibility index (Phi) is 16.4. The fourth-order valence-electron chi connectivity index (χ4n) is 1.15. The zero-order valence-electron chi connectivity index (χ0n) is 12.1. The molecule has 0 unspecified atom stereocenters. The van der Waals surface area contributed by atoms with Crippen LogP contribution in [0.5, 0.6) is 0 Å². The van der Waals surface area contributed by atoms with E-state index in [1.165, 1.54) is 0 Å². The van der Waals surface area contributed by atoms with E-state index in [0.717, 1.165) is 18.9 Å². The topological polar surface area (TPSA) is 152 Å². The van der Waals surface area contributed by atoms with Crippen LogP contribution in [0.4, 0.5) is 9.59 Å². The number of carbonyl (C=O) groups is 2. The van der Waals surface area contributed by atoms with Gasteiger partial charge in [-0.15, -0.1) is 0 Å². The molecule has 4 amide bonds. The lowest BCUT2D eigenvalue weighted by Crippen LogP contribution is -2.30. The number of nitrogens with two attached hydrogens (primary N) is 3. The molecule has 0 aromatic heterocycles. The minimum atomic E-state index is -0.833. The van der Waals surface area contributed by atoms with E-state index in [4.69, 9.17) is 24.4 Å². The van der Waals surface area contributed by atoms with Gasteiger partial charge in [0.2, 0.25) is 0 Å². The molecule has 0 aromatic carbocycles. The average molecular weight is 310 g/mol. The predicted molar refractivity (Wildman–Crippen MR) is 77.7 cm³/mol. The number of methoxy groups -OCH3 is 2. The van der Waals surface area contributed by atoms with Crippen molar-refractivity contribution in [2.45, 2.75) is 25.2 Å². The molecule has 0 radical (unpaired) electrons. The van der Waals surface area contributed by atoms with Gasteiger partial charge in [-0.25, -0.2) is 9.59 Å². The molecule has 7 N–H and O–H groups in total. The van der Waals surface area contributed by atoms with Crippen molar-refractivity contribution in [1.82, 2.24) is 5.32 Å². The van der Waals surface area contributed by atoms with Crippen LogP contribution in [0.25, 0.3) is 0 Å². The van der Waals surface area contributed by atoms with E-state index in [1.807, 2.05) is 0 Å². The number of amides is 4. The van der Waals surface area contributed by atoms with Crippen molar-refractivity contribution in [1.29, 1.82) is 0 Å². The third kappa shape index (κ3) is 21.9. The van der Waals surface area contributed by atoms with Gasteiger partial charge < -0.3 is 36.4 Å². The molecule has 0 bridgehead atoms. The number of nitrogens with one attached hydrogen (secondary N) is 1. The van der Waals surface area contributed by atoms with E-state index in [9.17, 15) is 4.79 Å². The summed E-state index contributed by atoms with van der Waals surface area (Å²) >= 11 is 0. The Morgan fingerprint density at radius 3 is 2.20 bits per heavy atom. The van der Waals surface area contributed by atoms with Gasteiger partial charge in [-0.1, -0.05) is 0 Å². The second-order valence-corrected chi connectivity index (χ2v) is 5.23. The van der Waals surface area contributed by atoms with Crippen LogP contribution in [0.15, 0.2) is 0 Å². The van der Waals surface area contributed by atoms with Gasteiger partial charge in [-0.3, -0.25) is 0 Å². The molecule has 0 rings (SSSR count). The van der Waals surface area contributed by atoms with Gasteiger partial charge in [0.1, 0.15) is 0 Å². The van der Waals surface area contributed by atoms with Crippen molar-refractivity contribution in [2.24, 2.45) is 17.2 Å². The van der Waals surface area contributed by atoms with Gasteiger partial charge in [0, 0.05) is 33.8 Å². The molecule has 0 aliphatic carbocycles. The first kappa shape index (κ1) is 20.9. The number of primary amides is 3. The molecule has 0 fully saturated rings. The second-order valence-electron chi connectivity index (χ2n) is 3.70. The van der Waals surface area contributed by atoms with Gasteiger partial charge in [0.15, 0.2) is 16.1 Å². The van der Waals surface area contributed by atoms with Gasteiger partial charge in [0.25, 0.3) is 0 Å². The van der Waals surface area contributed by atoms with Crippen molar-refractivity contribution in [2.75, 3.05) is 27.4 Å². The van der Waals surface area contributed by atoms with Crippen LogP contribution in [0, 0.1) is 0 Å².